The monoisotopic (exact) mass is 456 g/mol. The molecule has 0 unspecified atom stereocenters. The predicted molar refractivity (Wildman–Crippen MR) is 124 cm³/mol. The second-order valence-electron chi connectivity index (χ2n) is 7.16. The lowest BCUT2D eigenvalue weighted by atomic mass is 10.2. The molecule has 0 bridgehead atoms. The third kappa shape index (κ3) is 5.16. The van der Waals surface area contributed by atoms with Crippen LogP contribution in [0.1, 0.15) is 5.69 Å². The van der Waals surface area contributed by atoms with Crippen molar-refractivity contribution in [3.63, 3.8) is 0 Å². The summed E-state index contributed by atoms with van der Waals surface area (Å²) in [6.07, 6.45) is 0. The van der Waals surface area contributed by atoms with Crippen molar-refractivity contribution in [3.8, 4) is 11.6 Å². The largest absolute Gasteiger partial charge is 0.447 e. The van der Waals surface area contributed by atoms with Gasteiger partial charge in [-0.3, -0.25) is 14.0 Å². The first kappa shape index (κ1) is 23.0. The minimum atomic E-state index is -4.51. The van der Waals surface area contributed by atoms with Gasteiger partial charge in [-0.2, -0.15) is 8.42 Å². The van der Waals surface area contributed by atoms with Crippen molar-refractivity contribution in [2.45, 2.75) is 6.92 Å². The lowest BCUT2D eigenvalue weighted by Gasteiger charge is -2.09. The molecule has 4 aromatic rings. The van der Waals surface area contributed by atoms with E-state index in [1.807, 2.05) is 80.1 Å². The Morgan fingerprint density at radius 2 is 1.59 bits per heavy atom. The van der Waals surface area contributed by atoms with Crippen LogP contribution in [-0.2, 0) is 17.4 Å². The molecule has 0 aliphatic rings. The molecule has 2 aromatic heterocycles. The summed E-state index contributed by atoms with van der Waals surface area (Å²) in [5.74, 6) is -0.156. The van der Waals surface area contributed by atoms with E-state index < -0.39 is 10.4 Å². The summed E-state index contributed by atoms with van der Waals surface area (Å²) in [7, 11) is 1.17. The highest BCUT2D eigenvalue weighted by Crippen LogP contribution is 2.17. The van der Waals surface area contributed by atoms with Crippen LogP contribution in [0.4, 0.5) is 5.69 Å². The maximum atomic E-state index is 12.4. The number of benzene rings is 2. The molecular weight excluding hydrogens is 432 g/mol. The number of hydrogen-bond donors (Lipinski definition) is 1. The van der Waals surface area contributed by atoms with Gasteiger partial charge in [0.1, 0.15) is 5.69 Å². The van der Waals surface area contributed by atoms with Gasteiger partial charge >= 0.3 is 10.4 Å². The Morgan fingerprint density at radius 1 is 0.969 bits per heavy atom. The number of fused-ring (bicyclic) bond motifs is 1. The van der Waals surface area contributed by atoms with Gasteiger partial charge in [-0.15, -0.1) is 0 Å². The molecule has 9 nitrogen and oxygen atoms in total. The molecule has 2 aromatic carbocycles. The summed E-state index contributed by atoms with van der Waals surface area (Å²) in [5.41, 5.74) is 3.19. The van der Waals surface area contributed by atoms with Crippen LogP contribution in [0.15, 0.2) is 71.5 Å². The molecule has 0 spiro atoms. The third-order valence-corrected chi connectivity index (χ3v) is 5.12. The lowest BCUT2D eigenvalue weighted by Crippen LogP contribution is -2.23. The first-order valence-electron chi connectivity index (χ1n) is 9.62. The number of aromatic nitrogens is 3. The summed E-state index contributed by atoms with van der Waals surface area (Å²) in [6.45, 7) is 1.95. The Labute approximate surface area is 186 Å². The molecule has 10 heteroatoms. The zero-order valence-corrected chi connectivity index (χ0v) is 18.9. The third-order valence-electron chi connectivity index (χ3n) is 4.73. The standard InChI is InChI=1S/C13H17N3O.C9H7NO4S/c1-10-12(14(2)3)13(17)16(15(10)4)11-8-6-5-7-9-11;11-15(12,13)14-9-6-5-7-3-1-2-4-8(7)10-9/h5-9H,1-4H3;1-6H,(H,11,12,13). The minimum absolute atomic E-state index is 0.0150. The number of nitrogens with zero attached hydrogens (tertiary/aromatic N) is 4. The van der Waals surface area contributed by atoms with Crippen LogP contribution in [0.5, 0.6) is 5.88 Å². The lowest BCUT2D eigenvalue weighted by molar-refractivity contribution is 0.381. The summed E-state index contributed by atoms with van der Waals surface area (Å²) in [6, 6.07) is 19.8. The molecule has 32 heavy (non-hydrogen) atoms. The molecule has 1 N–H and O–H groups in total. The Morgan fingerprint density at radius 3 is 2.19 bits per heavy atom. The smallest absolute Gasteiger partial charge is 0.372 e. The zero-order valence-electron chi connectivity index (χ0n) is 18.1. The molecule has 4 rings (SSSR count). The Hall–Kier alpha value is -3.63. The van der Waals surface area contributed by atoms with E-state index in [-0.39, 0.29) is 11.4 Å². The van der Waals surface area contributed by atoms with Crippen molar-refractivity contribution < 1.29 is 17.2 Å². The molecule has 0 atom stereocenters. The van der Waals surface area contributed by atoms with Crippen molar-refractivity contribution in [2.75, 3.05) is 19.0 Å². The molecule has 0 saturated carbocycles. The van der Waals surface area contributed by atoms with E-state index in [1.54, 1.807) is 22.9 Å². The van der Waals surface area contributed by atoms with Crippen LogP contribution in [-0.4, -0.2) is 41.4 Å². The van der Waals surface area contributed by atoms with Gasteiger partial charge in [0, 0.05) is 32.6 Å². The van der Waals surface area contributed by atoms with Crippen molar-refractivity contribution in [1.29, 1.82) is 0 Å². The van der Waals surface area contributed by atoms with Crippen LogP contribution < -0.4 is 14.6 Å². The van der Waals surface area contributed by atoms with Crippen molar-refractivity contribution in [1.82, 2.24) is 14.3 Å². The molecule has 0 saturated heterocycles. The molecule has 0 aliphatic carbocycles. The van der Waals surface area contributed by atoms with E-state index in [2.05, 4.69) is 9.17 Å². The molecule has 168 valence electrons. The quantitative estimate of drug-likeness (QED) is 0.471. The van der Waals surface area contributed by atoms with Gasteiger partial charge in [-0.1, -0.05) is 36.4 Å². The van der Waals surface area contributed by atoms with Crippen LogP contribution >= 0.6 is 0 Å². The average Bonchev–Trinajstić information content (AvgIpc) is 2.96. The highest BCUT2D eigenvalue weighted by Gasteiger charge is 2.16. The van der Waals surface area contributed by atoms with Crippen molar-refractivity contribution in [2.24, 2.45) is 7.05 Å². The van der Waals surface area contributed by atoms with Crippen molar-refractivity contribution in [3.05, 3.63) is 82.8 Å². The van der Waals surface area contributed by atoms with Gasteiger partial charge < -0.3 is 9.08 Å². The number of anilines is 1. The number of rotatable bonds is 4. The highest BCUT2D eigenvalue weighted by atomic mass is 32.3. The van der Waals surface area contributed by atoms with Crippen LogP contribution in [0.2, 0.25) is 0 Å². The van der Waals surface area contributed by atoms with Crippen LogP contribution in [0.25, 0.3) is 16.6 Å². The molecule has 0 fully saturated rings. The number of pyridine rings is 1. The molecule has 0 amide bonds. The maximum absolute atomic E-state index is 12.4. The van der Waals surface area contributed by atoms with E-state index in [1.165, 1.54) is 6.07 Å². The van der Waals surface area contributed by atoms with E-state index in [0.717, 1.165) is 22.5 Å². The second-order valence-corrected chi connectivity index (χ2v) is 8.18. The minimum Gasteiger partial charge on any atom is -0.372 e. The first-order valence-corrected chi connectivity index (χ1v) is 11.0. The van der Waals surface area contributed by atoms with E-state index >= 15 is 0 Å². The van der Waals surface area contributed by atoms with Crippen molar-refractivity contribution >= 4 is 27.0 Å². The predicted octanol–water partition coefficient (Wildman–Crippen LogP) is 2.97. The summed E-state index contributed by atoms with van der Waals surface area (Å²) >= 11 is 0. The highest BCUT2D eigenvalue weighted by molar-refractivity contribution is 7.81. The summed E-state index contributed by atoms with van der Waals surface area (Å²) in [5, 5.41) is 0.861. The topological polar surface area (TPSA) is 107 Å². The normalized spacial score (nSPS) is 11.0. The van der Waals surface area contributed by atoms with Gasteiger partial charge in [0.15, 0.2) is 0 Å². The number of para-hydroxylation sites is 2. The van der Waals surface area contributed by atoms with Gasteiger partial charge in [0.25, 0.3) is 5.56 Å². The fourth-order valence-electron chi connectivity index (χ4n) is 3.27. The second kappa shape index (κ2) is 9.25. The molecule has 0 radical (unpaired) electrons. The fourth-order valence-corrected chi connectivity index (χ4v) is 3.58. The van der Waals surface area contributed by atoms with E-state index in [9.17, 15) is 13.2 Å². The molecule has 0 aliphatic heterocycles. The van der Waals surface area contributed by atoms with Gasteiger partial charge in [0.2, 0.25) is 5.88 Å². The number of hydrogen-bond acceptors (Lipinski definition) is 6. The van der Waals surface area contributed by atoms with Crippen LogP contribution in [0, 0.1) is 6.92 Å². The summed E-state index contributed by atoms with van der Waals surface area (Å²) < 4.78 is 37.1. The van der Waals surface area contributed by atoms with Crippen LogP contribution in [0.3, 0.4) is 0 Å². The fraction of sp³-hybridized carbons (Fsp3) is 0.182. The Kier molecular flexibility index (Phi) is 6.66. The Bertz CT molecular complexity index is 1390. The average molecular weight is 457 g/mol. The first-order chi connectivity index (χ1) is 15.1. The Balaban J connectivity index is 0.000000182. The van der Waals surface area contributed by atoms with Gasteiger partial charge in [-0.25, -0.2) is 9.67 Å². The zero-order chi connectivity index (χ0) is 23.5. The SMILES string of the molecule is Cc1c(N(C)C)c(=O)n(-c2ccccc2)n1C.O=S(=O)(O)Oc1ccc2ccccc2n1. The summed E-state index contributed by atoms with van der Waals surface area (Å²) in [4.78, 5) is 18.1. The maximum Gasteiger partial charge on any atom is 0.447 e. The van der Waals surface area contributed by atoms with E-state index in [0.29, 0.717) is 5.52 Å². The molecule has 2 heterocycles. The molecular formula is C22H24N4O5S. The van der Waals surface area contributed by atoms with Gasteiger partial charge in [-0.05, 0) is 31.2 Å². The van der Waals surface area contributed by atoms with Gasteiger partial charge in [0.05, 0.1) is 16.9 Å². The van der Waals surface area contributed by atoms with E-state index in [4.69, 9.17) is 4.55 Å².